The van der Waals surface area contributed by atoms with Crippen LogP contribution >= 0.6 is 27.5 Å². The zero-order valence-electron chi connectivity index (χ0n) is 11.0. The van der Waals surface area contributed by atoms with Gasteiger partial charge < -0.3 is 9.88 Å². The summed E-state index contributed by atoms with van der Waals surface area (Å²) in [6.07, 6.45) is 2.16. The second-order valence-electron chi connectivity index (χ2n) is 4.76. The number of nitrogens with one attached hydrogen (secondary N) is 1. The maximum Gasteiger partial charge on any atom is 0.0648 e. The van der Waals surface area contributed by atoms with E-state index in [1.807, 2.05) is 18.2 Å². The Kier molecular flexibility index (Phi) is 3.72. The van der Waals surface area contributed by atoms with Crippen molar-refractivity contribution < 1.29 is 0 Å². The molecule has 0 bridgehead atoms. The number of hydrogen-bond donors (Lipinski definition) is 1. The summed E-state index contributed by atoms with van der Waals surface area (Å²) in [5.74, 6) is 0. The van der Waals surface area contributed by atoms with Crippen molar-refractivity contribution in [2.75, 3.05) is 5.32 Å². The first-order valence-electron chi connectivity index (χ1n) is 6.37. The molecule has 102 valence electrons. The lowest BCUT2D eigenvalue weighted by molar-refractivity contribution is 0.956. The lowest BCUT2D eigenvalue weighted by Gasteiger charge is -2.08. The lowest BCUT2D eigenvalue weighted by atomic mass is 10.2. The number of nitrogens with zero attached hydrogens (tertiary/aromatic N) is 1. The van der Waals surface area contributed by atoms with Crippen LogP contribution in [0, 0.1) is 0 Å². The Balaban J connectivity index is 1.87. The Labute approximate surface area is 131 Å². The summed E-state index contributed by atoms with van der Waals surface area (Å²) in [4.78, 5) is 0. The summed E-state index contributed by atoms with van der Waals surface area (Å²) in [5.41, 5.74) is 3.45. The molecule has 2 aromatic carbocycles. The summed E-state index contributed by atoms with van der Waals surface area (Å²) in [6, 6.07) is 14.3. The maximum atomic E-state index is 6.22. The average molecular weight is 350 g/mol. The second-order valence-corrected chi connectivity index (χ2v) is 6.08. The molecule has 3 rings (SSSR count). The number of para-hydroxylation sites is 1. The highest BCUT2D eigenvalue weighted by Crippen LogP contribution is 2.27. The van der Waals surface area contributed by atoms with E-state index in [1.54, 1.807) is 0 Å². The SMILES string of the molecule is Cn1cc(CNc2ccc(Br)cc2Cl)c2ccccc21. The number of anilines is 1. The molecule has 0 atom stereocenters. The number of benzene rings is 2. The van der Waals surface area contributed by atoms with Crippen LogP contribution < -0.4 is 5.32 Å². The first-order chi connectivity index (χ1) is 9.65. The van der Waals surface area contributed by atoms with Crippen LogP contribution in [-0.2, 0) is 13.6 Å². The van der Waals surface area contributed by atoms with E-state index < -0.39 is 0 Å². The first-order valence-corrected chi connectivity index (χ1v) is 7.54. The topological polar surface area (TPSA) is 17.0 Å². The standard InChI is InChI=1S/C16H14BrClN2/c1-20-10-11(13-4-2-3-5-16(13)20)9-19-15-7-6-12(17)8-14(15)18/h2-8,10,19H,9H2,1H3. The van der Waals surface area contributed by atoms with E-state index in [1.165, 1.54) is 16.5 Å². The molecule has 0 amide bonds. The van der Waals surface area contributed by atoms with Gasteiger partial charge in [-0.15, -0.1) is 0 Å². The number of rotatable bonds is 3. The monoisotopic (exact) mass is 348 g/mol. The fourth-order valence-electron chi connectivity index (χ4n) is 2.39. The Morgan fingerprint density at radius 2 is 2.00 bits per heavy atom. The van der Waals surface area contributed by atoms with Gasteiger partial charge in [0.2, 0.25) is 0 Å². The number of fused-ring (bicyclic) bond motifs is 1. The van der Waals surface area contributed by atoms with E-state index in [0.717, 1.165) is 21.7 Å². The van der Waals surface area contributed by atoms with Gasteiger partial charge in [-0.1, -0.05) is 45.7 Å². The van der Waals surface area contributed by atoms with Gasteiger partial charge in [-0.3, -0.25) is 0 Å². The van der Waals surface area contributed by atoms with E-state index in [2.05, 4.69) is 63.3 Å². The third-order valence-electron chi connectivity index (χ3n) is 3.38. The molecule has 0 aliphatic rings. The summed E-state index contributed by atoms with van der Waals surface area (Å²) in [5, 5.41) is 5.39. The molecule has 2 nitrogen and oxygen atoms in total. The fourth-order valence-corrected chi connectivity index (χ4v) is 3.13. The minimum Gasteiger partial charge on any atom is -0.380 e. The van der Waals surface area contributed by atoms with E-state index >= 15 is 0 Å². The Hall–Kier alpha value is -1.45. The fraction of sp³-hybridized carbons (Fsp3) is 0.125. The van der Waals surface area contributed by atoms with E-state index in [9.17, 15) is 0 Å². The largest absolute Gasteiger partial charge is 0.380 e. The summed E-state index contributed by atoms with van der Waals surface area (Å²) in [7, 11) is 2.07. The molecule has 0 aliphatic heterocycles. The van der Waals surface area contributed by atoms with Gasteiger partial charge in [0.15, 0.2) is 0 Å². The quantitative estimate of drug-likeness (QED) is 0.687. The molecule has 20 heavy (non-hydrogen) atoms. The molecule has 1 aromatic heterocycles. The minimum atomic E-state index is 0.722. The maximum absolute atomic E-state index is 6.22. The molecule has 1 N–H and O–H groups in total. The number of hydrogen-bond acceptors (Lipinski definition) is 1. The average Bonchev–Trinajstić information content (AvgIpc) is 2.75. The van der Waals surface area contributed by atoms with Gasteiger partial charge in [0.1, 0.15) is 0 Å². The summed E-state index contributed by atoms with van der Waals surface area (Å²) >= 11 is 9.63. The molecule has 0 aliphatic carbocycles. The van der Waals surface area contributed by atoms with Gasteiger partial charge in [-0.25, -0.2) is 0 Å². The van der Waals surface area contributed by atoms with E-state index in [0.29, 0.717) is 0 Å². The normalized spacial score (nSPS) is 10.9. The molecule has 0 fully saturated rings. The van der Waals surface area contributed by atoms with Crippen LogP contribution in [0.15, 0.2) is 53.1 Å². The number of aromatic nitrogens is 1. The molecule has 3 aromatic rings. The van der Waals surface area contributed by atoms with Crippen molar-refractivity contribution in [1.29, 1.82) is 0 Å². The molecular weight excluding hydrogens is 336 g/mol. The molecule has 0 saturated carbocycles. The smallest absolute Gasteiger partial charge is 0.0648 e. The van der Waals surface area contributed by atoms with E-state index in [4.69, 9.17) is 11.6 Å². The molecule has 0 unspecified atom stereocenters. The molecule has 0 saturated heterocycles. The van der Waals surface area contributed by atoms with Gasteiger partial charge >= 0.3 is 0 Å². The molecule has 1 heterocycles. The highest BCUT2D eigenvalue weighted by Gasteiger charge is 2.06. The Morgan fingerprint density at radius 3 is 2.80 bits per heavy atom. The van der Waals surface area contributed by atoms with Crippen molar-refractivity contribution in [3.05, 3.63) is 63.7 Å². The van der Waals surface area contributed by atoms with Crippen LogP contribution in [0.2, 0.25) is 5.02 Å². The van der Waals surface area contributed by atoms with Crippen LogP contribution in [0.3, 0.4) is 0 Å². The van der Waals surface area contributed by atoms with Crippen molar-refractivity contribution in [3.8, 4) is 0 Å². The summed E-state index contributed by atoms with van der Waals surface area (Å²) < 4.78 is 3.13. The van der Waals surface area contributed by atoms with Gasteiger partial charge in [0.05, 0.1) is 10.7 Å². The van der Waals surface area contributed by atoms with Crippen LogP contribution in [0.5, 0.6) is 0 Å². The summed E-state index contributed by atoms with van der Waals surface area (Å²) in [6.45, 7) is 0.753. The third kappa shape index (κ3) is 2.56. The van der Waals surface area contributed by atoms with Crippen LogP contribution in [0.25, 0.3) is 10.9 Å². The predicted molar refractivity (Wildman–Crippen MR) is 89.4 cm³/mol. The lowest BCUT2D eigenvalue weighted by Crippen LogP contribution is -1.99. The van der Waals surface area contributed by atoms with Crippen LogP contribution in [0.1, 0.15) is 5.56 Å². The number of aryl methyl sites for hydroxylation is 1. The van der Waals surface area contributed by atoms with Gasteiger partial charge in [0.25, 0.3) is 0 Å². The molecule has 0 radical (unpaired) electrons. The van der Waals surface area contributed by atoms with Gasteiger partial charge in [-0.2, -0.15) is 0 Å². The van der Waals surface area contributed by atoms with Crippen molar-refractivity contribution in [2.24, 2.45) is 7.05 Å². The van der Waals surface area contributed by atoms with Crippen molar-refractivity contribution in [1.82, 2.24) is 4.57 Å². The highest BCUT2D eigenvalue weighted by molar-refractivity contribution is 9.10. The van der Waals surface area contributed by atoms with Gasteiger partial charge in [-0.05, 0) is 29.8 Å². The van der Waals surface area contributed by atoms with Crippen LogP contribution in [-0.4, -0.2) is 4.57 Å². The zero-order valence-corrected chi connectivity index (χ0v) is 13.4. The first kappa shape index (κ1) is 13.5. The van der Waals surface area contributed by atoms with Crippen molar-refractivity contribution in [2.45, 2.75) is 6.54 Å². The van der Waals surface area contributed by atoms with Crippen LogP contribution in [0.4, 0.5) is 5.69 Å². The zero-order chi connectivity index (χ0) is 14.1. The highest BCUT2D eigenvalue weighted by atomic mass is 79.9. The van der Waals surface area contributed by atoms with Crippen molar-refractivity contribution in [3.63, 3.8) is 0 Å². The third-order valence-corrected chi connectivity index (χ3v) is 4.19. The Bertz CT molecular complexity index is 764. The molecule has 4 heteroatoms. The number of halogens is 2. The van der Waals surface area contributed by atoms with Gasteiger partial charge in [0, 0.05) is 35.2 Å². The molecule has 0 spiro atoms. The van der Waals surface area contributed by atoms with Crippen molar-refractivity contribution >= 4 is 44.1 Å². The molecular formula is C16H14BrClN2. The predicted octanol–water partition coefficient (Wildman–Crippen LogP) is 5.21. The Morgan fingerprint density at radius 1 is 1.20 bits per heavy atom. The second kappa shape index (κ2) is 5.51. The minimum absolute atomic E-state index is 0.722. The van der Waals surface area contributed by atoms with E-state index in [-0.39, 0.29) is 0 Å².